The second-order valence-electron chi connectivity index (χ2n) is 9.41. The van der Waals surface area contributed by atoms with Crippen LogP contribution in [0.1, 0.15) is 32.6 Å². The number of rotatable bonds is 4. The van der Waals surface area contributed by atoms with Crippen molar-refractivity contribution in [1.82, 2.24) is 0 Å². The predicted octanol–water partition coefficient (Wildman–Crippen LogP) is -0.912. The minimum atomic E-state index is -1.51. The Hall–Kier alpha value is -1.07. The van der Waals surface area contributed by atoms with E-state index in [2.05, 4.69) is 6.58 Å². The van der Waals surface area contributed by atoms with Crippen LogP contribution in [0.3, 0.4) is 0 Å². The summed E-state index contributed by atoms with van der Waals surface area (Å²) in [4.78, 5) is 12.1. The molecule has 0 amide bonds. The van der Waals surface area contributed by atoms with Gasteiger partial charge < -0.3 is 39.7 Å². The molecule has 0 aromatic heterocycles. The van der Waals surface area contributed by atoms with Crippen molar-refractivity contribution in [2.45, 2.75) is 75.5 Å². The van der Waals surface area contributed by atoms with Crippen LogP contribution in [-0.2, 0) is 19.0 Å². The number of hydrogen-bond acceptors (Lipinski definition) is 9. The van der Waals surface area contributed by atoms with Crippen LogP contribution in [0.15, 0.2) is 12.2 Å². The van der Waals surface area contributed by atoms with E-state index in [-0.39, 0.29) is 42.5 Å². The Morgan fingerprint density at radius 3 is 2.50 bits per heavy atom. The van der Waals surface area contributed by atoms with Crippen molar-refractivity contribution in [3.8, 4) is 0 Å². The van der Waals surface area contributed by atoms with E-state index in [9.17, 15) is 30.3 Å². The zero-order chi connectivity index (χ0) is 21.8. The molecular formula is C21H32O9. The third kappa shape index (κ3) is 3.31. The first-order valence-electron chi connectivity index (χ1n) is 10.7. The monoisotopic (exact) mass is 428 g/mol. The van der Waals surface area contributed by atoms with Gasteiger partial charge in [-0.15, -0.1) is 0 Å². The molecule has 4 aliphatic rings. The van der Waals surface area contributed by atoms with E-state index >= 15 is 0 Å². The molecule has 5 N–H and O–H groups in total. The minimum absolute atomic E-state index is 0.0275. The summed E-state index contributed by atoms with van der Waals surface area (Å²) < 4.78 is 17.4. The van der Waals surface area contributed by atoms with Crippen LogP contribution >= 0.6 is 0 Å². The van der Waals surface area contributed by atoms with Gasteiger partial charge >= 0.3 is 5.97 Å². The van der Waals surface area contributed by atoms with Crippen molar-refractivity contribution in [3.63, 3.8) is 0 Å². The molecule has 0 aromatic carbocycles. The summed E-state index contributed by atoms with van der Waals surface area (Å²) in [6, 6.07) is 0. The average Bonchev–Trinajstić information content (AvgIpc) is 3.02. The Morgan fingerprint density at radius 1 is 1.10 bits per heavy atom. The van der Waals surface area contributed by atoms with Gasteiger partial charge in [0.05, 0.1) is 12.7 Å². The molecule has 4 rings (SSSR count). The first-order chi connectivity index (χ1) is 14.2. The summed E-state index contributed by atoms with van der Waals surface area (Å²) in [6.07, 6.45) is -4.78. The molecule has 2 saturated carbocycles. The van der Waals surface area contributed by atoms with Crippen LogP contribution in [0.25, 0.3) is 0 Å². The third-order valence-corrected chi connectivity index (χ3v) is 7.88. The predicted molar refractivity (Wildman–Crippen MR) is 102 cm³/mol. The molecule has 30 heavy (non-hydrogen) atoms. The summed E-state index contributed by atoms with van der Waals surface area (Å²) >= 11 is 0. The van der Waals surface area contributed by atoms with Gasteiger partial charge in [0.15, 0.2) is 6.29 Å². The normalized spacial score (nSPS) is 51.3. The van der Waals surface area contributed by atoms with Crippen LogP contribution in [0.2, 0.25) is 0 Å². The molecule has 0 aromatic rings. The third-order valence-electron chi connectivity index (χ3n) is 7.88. The largest absolute Gasteiger partial charge is 0.458 e. The van der Waals surface area contributed by atoms with Crippen molar-refractivity contribution in [3.05, 3.63) is 12.2 Å². The molecule has 2 aliphatic heterocycles. The van der Waals surface area contributed by atoms with Gasteiger partial charge in [0.1, 0.15) is 30.5 Å². The van der Waals surface area contributed by atoms with Crippen molar-refractivity contribution >= 4 is 5.97 Å². The van der Waals surface area contributed by atoms with Gasteiger partial charge in [0, 0.05) is 29.4 Å². The van der Waals surface area contributed by atoms with Gasteiger partial charge in [-0.2, -0.15) is 0 Å². The van der Waals surface area contributed by atoms with Gasteiger partial charge in [-0.1, -0.05) is 13.5 Å². The van der Waals surface area contributed by atoms with E-state index in [0.717, 1.165) is 0 Å². The maximum Gasteiger partial charge on any atom is 0.334 e. The minimum Gasteiger partial charge on any atom is -0.458 e. The Bertz CT molecular complexity index is 681. The highest BCUT2D eigenvalue weighted by atomic mass is 16.7. The molecule has 2 heterocycles. The number of ether oxygens (including phenoxy) is 3. The van der Waals surface area contributed by atoms with Crippen LogP contribution in [0.4, 0.5) is 0 Å². The van der Waals surface area contributed by atoms with Gasteiger partial charge in [0.25, 0.3) is 0 Å². The highest BCUT2D eigenvalue weighted by Crippen LogP contribution is 2.58. The number of aliphatic hydroxyl groups is 5. The van der Waals surface area contributed by atoms with Gasteiger partial charge in [-0.25, -0.2) is 4.79 Å². The number of fused-ring (bicyclic) bond motifs is 3. The molecule has 11 atom stereocenters. The zero-order valence-electron chi connectivity index (χ0n) is 17.1. The summed E-state index contributed by atoms with van der Waals surface area (Å²) in [5.74, 6) is -0.664. The summed E-state index contributed by atoms with van der Waals surface area (Å²) in [5, 5.41) is 49.9. The van der Waals surface area contributed by atoms with Crippen molar-refractivity contribution in [2.24, 2.45) is 23.2 Å². The maximum absolute atomic E-state index is 12.1. The summed E-state index contributed by atoms with van der Waals surface area (Å²) in [5.41, 5.74) is 0.0204. The fraction of sp³-hybridized carbons (Fsp3) is 0.857. The maximum atomic E-state index is 12.1. The van der Waals surface area contributed by atoms with E-state index in [1.54, 1.807) is 0 Å². The quantitative estimate of drug-likeness (QED) is 0.284. The van der Waals surface area contributed by atoms with Crippen LogP contribution in [-0.4, -0.2) is 87.6 Å². The number of hydrogen-bond donors (Lipinski definition) is 5. The summed E-state index contributed by atoms with van der Waals surface area (Å²) in [6.45, 7) is 5.38. The Balaban J connectivity index is 1.58. The van der Waals surface area contributed by atoms with Crippen LogP contribution < -0.4 is 0 Å². The molecule has 0 bridgehead atoms. The number of aliphatic hydroxyl groups excluding tert-OH is 5. The fourth-order valence-corrected chi connectivity index (χ4v) is 6.13. The van der Waals surface area contributed by atoms with Gasteiger partial charge in [0.2, 0.25) is 0 Å². The van der Waals surface area contributed by atoms with Gasteiger partial charge in [-0.05, 0) is 31.6 Å². The molecule has 9 heteroatoms. The van der Waals surface area contributed by atoms with Crippen LogP contribution in [0.5, 0.6) is 0 Å². The van der Waals surface area contributed by atoms with Crippen LogP contribution in [0, 0.1) is 23.2 Å². The van der Waals surface area contributed by atoms with E-state index < -0.39 is 42.7 Å². The average molecular weight is 428 g/mol. The number of carbonyl (C=O) groups is 1. The topological polar surface area (TPSA) is 146 Å². The lowest BCUT2D eigenvalue weighted by Gasteiger charge is -2.56. The molecule has 0 unspecified atom stereocenters. The molecule has 170 valence electrons. The number of carbonyl (C=O) groups excluding carboxylic acids is 1. The SMILES string of the molecule is C=C1C(=O)O[C@@H]2[C@H]3[C@H](CO)CC[C@@H](O[C@H]4O[C@@H](CO)[C@H](O)[C@@H](O)[C@@H]4O)[C@]3(C)CC[C@@H]12. The van der Waals surface area contributed by atoms with E-state index in [1.165, 1.54) is 0 Å². The molecule has 2 saturated heterocycles. The first kappa shape index (κ1) is 22.1. The van der Waals surface area contributed by atoms with Crippen molar-refractivity contribution in [2.75, 3.05) is 13.2 Å². The second-order valence-corrected chi connectivity index (χ2v) is 9.41. The van der Waals surface area contributed by atoms with Gasteiger partial charge in [-0.3, -0.25) is 0 Å². The lowest BCUT2D eigenvalue weighted by atomic mass is 9.52. The molecule has 0 spiro atoms. The molecule has 4 fully saturated rings. The Morgan fingerprint density at radius 2 is 1.83 bits per heavy atom. The Labute approximate surface area is 175 Å². The highest BCUT2D eigenvalue weighted by Gasteiger charge is 2.61. The van der Waals surface area contributed by atoms with Crippen molar-refractivity contribution < 1.29 is 44.5 Å². The summed E-state index contributed by atoms with van der Waals surface area (Å²) in [7, 11) is 0. The Kier molecular flexibility index (Phi) is 6.00. The zero-order valence-corrected chi connectivity index (χ0v) is 17.1. The standard InChI is InChI=1S/C21H32O9/c1-9-11-5-6-21(2)13(4-3-10(7-22)14(21)18(11)30-19(9)27)29-20-17(26)16(25)15(24)12(8-23)28-20/h10-18,20,22-26H,1,3-8H2,2H3/t10-,11-,12-,13+,14+,15-,16+,17-,18-,20+,21-/m0/s1. The lowest BCUT2D eigenvalue weighted by molar-refractivity contribution is -0.329. The van der Waals surface area contributed by atoms with Crippen molar-refractivity contribution in [1.29, 1.82) is 0 Å². The molecule has 0 radical (unpaired) electrons. The fourth-order valence-electron chi connectivity index (χ4n) is 6.13. The molecule has 2 aliphatic carbocycles. The molecular weight excluding hydrogens is 396 g/mol. The smallest absolute Gasteiger partial charge is 0.334 e. The number of esters is 1. The first-order valence-corrected chi connectivity index (χ1v) is 10.7. The van der Waals surface area contributed by atoms with E-state index in [1.807, 2.05) is 6.92 Å². The second kappa shape index (κ2) is 8.12. The molecule has 9 nitrogen and oxygen atoms in total. The lowest BCUT2D eigenvalue weighted by Crippen LogP contribution is -2.62. The highest BCUT2D eigenvalue weighted by molar-refractivity contribution is 5.90. The van der Waals surface area contributed by atoms with E-state index in [4.69, 9.17) is 14.2 Å². The van der Waals surface area contributed by atoms with E-state index in [0.29, 0.717) is 31.3 Å².